The Kier molecular flexibility index (Phi) is 4.11. The predicted molar refractivity (Wildman–Crippen MR) is 59.6 cm³/mol. The lowest BCUT2D eigenvalue weighted by molar-refractivity contribution is 0.0601. The van der Waals surface area contributed by atoms with Crippen molar-refractivity contribution in [1.82, 2.24) is 0 Å². The first kappa shape index (κ1) is 11.7. The second-order valence-corrected chi connectivity index (χ2v) is 4.12. The zero-order valence-electron chi connectivity index (χ0n) is 7.64. The number of methoxy groups -OCH3 is 1. The molecule has 0 aliphatic carbocycles. The lowest BCUT2D eigenvalue weighted by Crippen LogP contribution is -2.02. The molecule has 5 heteroatoms. The highest BCUT2D eigenvalue weighted by atomic mass is 35.5. The van der Waals surface area contributed by atoms with Crippen LogP contribution in [0.3, 0.4) is 0 Å². The van der Waals surface area contributed by atoms with Gasteiger partial charge in [-0.25, -0.2) is 4.79 Å². The number of carbonyl (C=O) groups is 1. The summed E-state index contributed by atoms with van der Waals surface area (Å²) >= 11 is 13.3. The highest BCUT2D eigenvalue weighted by molar-refractivity contribution is 7.98. The number of benzene rings is 1. The molecular formula is C9H8Cl2O2S. The van der Waals surface area contributed by atoms with Crippen LogP contribution in [0.25, 0.3) is 0 Å². The highest BCUT2D eigenvalue weighted by Crippen LogP contribution is 2.31. The Morgan fingerprint density at radius 3 is 2.50 bits per heavy atom. The molecule has 14 heavy (non-hydrogen) atoms. The maximum atomic E-state index is 11.2. The molecule has 0 aliphatic rings. The molecule has 0 radical (unpaired) electrons. The Balaban J connectivity index is 3.21. The van der Waals surface area contributed by atoms with E-state index < -0.39 is 5.97 Å². The molecule has 0 bridgehead atoms. The Labute approximate surface area is 96.5 Å². The molecule has 0 heterocycles. The normalized spacial score (nSPS) is 10.0. The summed E-state index contributed by atoms with van der Waals surface area (Å²) in [6.45, 7) is 0. The van der Waals surface area contributed by atoms with Crippen LogP contribution in [0.4, 0.5) is 0 Å². The molecule has 1 rings (SSSR count). The lowest BCUT2D eigenvalue weighted by Gasteiger charge is -2.06. The number of thioether (sulfide) groups is 1. The van der Waals surface area contributed by atoms with Gasteiger partial charge >= 0.3 is 5.97 Å². The summed E-state index contributed by atoms with van der Waals surface area (Å²) in [6, 6.07) is 3.17. The third-order valence-electron chi connectivity index (χ3n) is 1.65. The summed E-state index contributed by atoms with van der Waals surface area (Å²) in [6.07, 6.45) is 1.88. The van der Waals surface area contributed by atoms with Crippen LogP contribution in [0.1, 0.15) is 10.4 Å². The Hall–Kier alpha value is -0.380. The smallest absolute Gasteiger partial charge is 0.339 e. The van der Waals surface area contributed by atoms with Crippen molar-refractivity contribution in [3.8, 4) is 0 Å². The minimum absolute atomic E-state index is 0.289. The molecule has 0 aromatic heterocycles. The first-order valence-electron chi connectivity index (χ1n) is 3.71. The van der Waals surface area contributed by atoms with Crippen molar-refractivity contribution in [1.29, 1.82) is 0 Å². The number of hydrogen-bond donors (Lipinski definition) is 0. The van der Waals surface area contributed by atoms with E-state index in [9.17, 15) is 4.79 Å². The predicted octanol–water partition coefficient (Wildman–Crippen LogP) is 3.50. The Morgan fingerprint density at radius 1 is 1.36 bits per heavy atom. The summed E-state index contributed by atoms with van der Waals surface area (Å²) in [7, 11) is 1.30. The molecule has 1 aromatic rings. The molecule has 1 aromatic carbocycles. The van der Waals surface area contributed by atoms with Gasteiger partial charge in [-0.15, -0.1) is 11.8 Å². The number of rotatable bonds is 2. The van der Waals surface area contributed by atoms with Crippen LogP contribution in [0.2, 0.25) is 10.0 Å². The Bertz CT molecular complexity index is 366. The fraction of sp³-hybridized carbons (Fsp3) is 0.222. The molecular weight excluding hydrogens is 243 g/mol. The summed E-state index contributed by atoms with van der Waals surface area (Å²) in [5.41, 5.74) is 0.289. The lowest BCUT2D eigenvalue weighted by atomic mass is 10.2. The zero-order chi connectivity index (χ0) is 10.7. The van der Waals surface area contributed by atoms with E-state index in [1.165, 1.54) is 24.9 Å². The molecule has 0 N–H and O–H groups in total. The van der Waals surface area contributed by atoms with E-state index in [0.717, 1.165) is 4.90 Å². The number of halogens is 2. The molecule has 0 fully saturated rings. The fourth-order valence-electron chi connectivity index (χ4n) is 0.951. The van der Waals surface area contributed by atoms with Gasteiger partial charge in [0.05, 0.1) is 22.7 Å². The minimum atomic E-state index is -0.482. The molecule has 0 unspecified atom stereocenters. The van der Waals surface area contributed by atoms with Crippen LogP contribution < -0.4 is 0 Å². The van der Waals surface area contributed by atoms with Gasteiger partial charge in [0.1, 0.15) is 0 Å². The van der Waals surface area contributed by atoms with Crippen molar-refractivity contribution in [3.05, 3.63) is 27.7 Å². The zero-order valence-corrected chi connectivity index (χ0v) is 9.96. The van der Waals surface area contributed by atoms with Gasteiger partial charge in [-0.3, -0.25) is 0 Å². The van der Waals surface area contributed by atoms with Crippen LogP contribution in [-0.4, -0.2) is 19.3 Å². The standard InChI is InChI=1S/C9H8Cl2O2S/c1-13-9(12)5-3-7(11)8(14-2)4-6(5)10/h3-4H,1-2H3. The second-order valence-electron chi connectivity index (χ2n) is 2.46. The first-order chi connectivity index (χ1) is 6.60. The average molecular weight is 251 g/mol. The second kappa shape index (κ2) is 4.91. The Morgan fingerprint density at radius 2 is 2.00 bits per heavy atom. The number of hydrogen-bond acceptors (Lipinski definition) is 3. The summed E-state index contributed by atoms with van der Waals surface area (Å²) in [4.78, 5) is 12.1. The molecule has 0 saturated carbocycles. The third-order valence-corrected chi connectivity index (χ3v) is 3.16. The average Bonchev–Trinajstić information content (AvgIpc) is 2.19. The van der Waals surface area contributed by atoms with Gasteiger partial charge in [0.25, 0.3) is 0 Å². The van der Waals surface area contributed by atoms with E-state index >= 15 is 0 Å². The van der Waals surface area contributed by atoms with E-state index in [1.807, 2.05) is 6.26 Å². The number of carbonyl (C=O) groups excluding carboxylic acids is 1. The van der Waals surface area contributed by atoms with E-state index in [1.54, 1.807) is 6.07 Å². The fourth-order valence-corrected chi connectivity index (χ4v) is 2.14. The summed E-state index contributed by atoms with van der Waals surface area (Å²) in [5.74, 6) is -0.482. The molecule has 0 atom stereocenters. The van der Waals surface area contributed by atoms with Gasteiger partial charge < -0.3 is 4.74 Å². The van der Waals surface area contributed by atoms with Gasteiger partial charge in [-0.1, -0.05) is 23.2 Å². The molecule has 0 amide bonds. The molecule has 2 nitrogen and oxygen atoms in total. The molecule has 0 saturated heterocycles. The molecule has 76 valence electrons. The number of ether oxygens (including phenoxy) is 1. The quantitative estimate of drug-likeness (QED) is 0.594. The minimum Gasteiger partial charge on any atom is -0.465 e. The topological polar surface area (TPSA) is 26.3 Å². The van der Waals surface area contributed by atoms with E-state index in [0.29, 0.717) is 10.0 Å². The van der Waals surface area contributed by atoms with Gasteiger partial charge in [-0.2, -0.15) is 0 Å². The molecule has 0 spiro atoms. The van der Waals surface area contributed by atoms with Crippen molar-refractivity contribution < 1.29 is 9.53 Å². The van der Waals surface area contributed by atoms with Crippen LogP contribution >= 0.6 is 35.0 Å². The molecule has 0 aliphatic heterocycles. The van der Waals surface area contributed by atoms with Crippen molar-refractivity contribution in [2.24, 2.45) is 0 Å². The van der Waals surface area contributed by atoms with Gasteiger partial charge in [-0.05, 0) is 18.4 Å². The maximum absolute atomic E-state index is 11.2. The first-order valence-corrected chi connectivity index (χ1v) is 5.69. The third kappa shape index (κ3) is 2.35. The summed E-state index contributed by atoms with van der Waals surface area (Å²) < 4.78 is 4.56. The van der Waals surface area contributed by atoms with Crippen molar-refractivity contribution in [2.75, 3.05) is 13.4 Å². The van der Waals surface area contributed by atoms with E-state index in [4.69, 9.17) is 23.2 Å². The van der Waals surface area contributed by atoms with Crippen molar-refractivity contribution in [3.63, 3.8) is 0 Å². The van der Waals surface area contributed by atoms with Crippen molar-refractivity contribution in [2.45, 2.75) is 4.90 Å². The van der Waals surface area contributed by atoms with E-state index in [2.05, 4.69) is 4.74 Å². The monoisotopic (exact) mass is 250 g/mol. The summed E-state index contributed by atoms with van der Waals surface area (Å²) in [5, 5.41) is 0.855. The largest absolute Gasteiger partial charge is 0.465 e. The van der Waals surface area contributed by atoms with Crippen LogP contribution in [0.5, 0.6) is 0 Å². The van der Waals surface area contributed by atoms with Crippen LogP contribution in [0.15, 0.2) is 17.0 Å². The van der Waals surface area contributed by atoms with Gasteiger partial charge in [0, 0.05) is 4.90 Å². The van der Waals surface area contributed by atoms with Crippen LogP contribution in [0, 0.1) is 0 Å². The highest BCUT2D eigenvalue weighted by Gasteiger charge is 2.13. The number of esters is 1. The van der Waals surface area contributed by atoms with Crippen molar-refractivity contribution >= 4 is 40.9 Å². The van der Waals surface area contributed by atoms with Crippen LogP contribution in [-0.2, 0) is 4.74 Å². The van der Waals surface area contributed by atoms with Gasteiger partial charge in [0.15, 0.2) is 0 Å². The van der Waals surface area contributed by atoms with E-state index in [-0.39, 0.29) is 5.56 Å². The van der Waals surface area contributed by atoms with Gasteiger partial charge in [0.2, 0.25) is 0 Å². The SMILES string of the molecule is COC(=O)c1cc(Cl)c(SC)cc1Cl. The maximum Gasteiger partial charge on any atom is 0.339 e.